The SMILES string of the molecule is CC(Sc1ccc(NC(=O)/C(=C/c2ccc(C(C)C)cc2)NC(=O)c2ccccc2)cc1)C(=O)Nc1ccc(Cl)cc1Cl. The Morgan fingerprint density at radius 2 is 1.47 bits per heavy atom. The third-order valence-corrected chi connectivity index (χ3v) is 8.09. The Kier molecular flexibility index (Phi) is 11.1. The number of thioether (sulfide) groups is 1. The van der Waals surface area contributed by atoms with E-state index in [4.69, 9.17) is 23.2 Å². The third kappa shape index (κ3) is 9.22. The number of hydrogen-bond acceptors (Lipinski definition) is 4. The monoisotopic (exact) mass is 631 g/mol. The first-order valence-electron chi connectivity index (χ1n) is 13.6. The molecule has 0 radical (unpaired) electrons. The molecule has 1 unspecified atom stereocenters. The first-order valence-corrected chi connectivity index (χ1v) is 15.2. The fourth-order valence-corrected chi connectivity index (χ4v) is 5.31. The van der Waals surface area contributed by atoms with E-state index in [9.17, 15) is 14.4 Å². The summed E-state index contributed by atoms with van der Waals surface area (Å²) in [6, 6.07) is 28.6. The molecule has 0 aliphatic heterocycles. The van der Waals surface area contributed by atoms with Crippen molar-refractivity contribution in [1.82, 2.24) is 5.32 Å². The summed E-state index contributed by atoms with van der Waals surface area (Å²) in [4.78, 5) is 39.8. The van der Waals surface area contributed by atoms with Crippen LogP contribution < -0.4 is 16.0 Å². The van der Waals surface area contributed by atoms with Crippen molar-refractivity contribution in [1.29, 1.82) is 0 Å². The Morgan fingerprint density at radius 1 is 0.791 bits per heavy atom. The minimum Gasteiger partial charge on any atom is -0.324 e. The Hall–Kier alpha value is -4.04. The van der Waals surface area contributed by atoms with Gasteiger partial charge in [-0.1, -0.05) is 79.5 Å². The Bertz CT molecular complexity index is 1620. The van der Waals surface area contributed by atoms with E-state index in [0.717, 1.165) is 10.5 Å². The van der Waals surface area contributed by atoms with Crippen molar-refractivity contribution >= 4 is 70.1 Å². The highest BCUT2D eigenvalue weighted by molar-refractivity contribution is 8.00. The number of amides is 3. The van der Waals surface area contributed by atoms with Crippen LogP contribution in [0.1, 0.15) is 48.2 Å². The summed E-state index contributed by atoms with van der Waals surface area (Å²) in [5, 5.41) is 8.86. The Morgan fingerprint density at radius 3 is 2.09 bits per heavy atom. The van der Waals surface area contributed by atoms with Crippen molar-refractivity contribution in [3.63, 3.8) is 0 Å². The molecule has 0 bridgehead atoms. The highest BCUT2D eigenvalue weighted by Gasteiger charge is 2.18. The molecule has 43 heavy (non-hydrogen) atoms. The van der Waals surface area contributed by atoms with E-state index >= 15 is 0 Å². The smallest absolute Gasteiger partial charge is 0.272 e. The number of halogens is 2. The van der Waals surface area contributed by atoms with Crippen LogP contribution in [0.5, 0.6) is 0 Å². The molecule has 1 atom stereocenters. The summed E-state index contributed by atoms with van der Waals surface area (Å²) >= 11 is 13.5. The van der Waals surface area contributed by atoms with Gasteiger partial charge in [-0.3, -0.25) is 14.4 Å². The normalized spacial score (nSPS) is 12.0. The maximum absolute atomic E-state index is 13.4. The lowest BCUT2D eigenvalue weighted by Crippen LogP contribution is -2.30. The molecule has 9 heteroatoms. The molecular weight excluding hydrogens is 601 g/mol. The molecule has 6 nitrogen and oxygen atoms in total. The summed E-state index contributed by atoms with van der Waals surface area (Å²) in [5.74, 6) is -0.694. The Labute approximate surface area is 265 Å². The van der Waals surface area contributed by atoms with Crippen LogP contribution in [0.4, 0.5) is 11.4 Å². The van der Waals surface area contributed by atoms with Gasteiger partial charge in [0.1, 0.15) is 5.70 Å². The van der Waals surface area contributed by atoms with Crippen LogP contribution in [0.25, 0.3) is 6.08 Å². The second-order valence-corrected chi connectivity index (χ2v) is 12.3. The van der Waals surface area contributed by atoms with Crippen LogP contribution in [0, 0.1) is 0 Å². The molecule has 0 saturated carbocycles. The van der Waals surface area contributed by atoms with Crippen LogP contribution in [-0.4, -0.2) is 23.0 Å². The molecule has 3 N–H and O–H groups in total. The minimum absolute atomic E-state index is 0.107. The van der Waals surface area contributed by atoms with Gasteiger partial charge in [-0.05, 0) is 84.6 Å². The molecule has 0 saturated heterocycles. The third-order valence-electron chi connectivity index (χ3n) is 6.43. The van der Waals surface area contributed by atoms with Gasteiger partial charge >= 0.3 is 0 Å². The molecule has 220 valence electrons. The van der Waals surface area contributed by atoms with Crippen LogP contribution >= 0.6 is 35.0 Å². The zero-order valence-electron chi connectivity index (χ0n) is 23.9. The fourth-order valence-electron chi connectivity index (χ4n) is 3.98. The molecule has 4 aromatic rings. The fraction of sp³-hybridized carbons (Fsp3) is 0.147. The average Bonchev–Trinajstić information content (AvgIpc) is 2.99. The van der Waals surface area contributed by atoms with Gasteiger partial charge in [-0.25, -0.2) is 0 Å². The number of hydrogen-bond donors (Lipinski definition) is 3. The minimum atomic E-state index is -0.467. The molecular formula is C34H31Cl2N3O3S. The van der Waals surface area contributed by atoms with Crippen molar-refractivity contribution in [2.45, 2.75) is 36.8 Å². The average molecular weight is 633 g/mol. The van der Waals surface area contributed by atoms with Crippen LogP contribution in [0.2, 0.25) is 10.0 Å². The lowest BCUT2D eigenvalue weighted by atomic mass is 10.0. The van der Waals surface area contributed by atoms with Crippen molar-refractivity contribution in [2.24, 2.45) is 0 Å². The first kappa shape index (κ1) is 31.9. The van der Waals surface area contributed by atoms with Gasteiger partial charge in [0.05, 0.1) is 16.0 Å². The molecule has 0 aliphatic rings. The molecule has 0 spiro atoms. The molecule has 3 amide bonds. The van der Waals surface area contributed by atoms with E-state index in [0.29, 0.717) is 32.9 Å². The first-order chi connectivity index (χ1) is 20.6. The number of anilines is 2. The van der Waals surface area contributed by atoms with E-state index < -0.39 is 11.2 Å². The highest BCUT2D eigenvalue weighted by atomic mass is 35.5. The molecule has 4 aromatic carbocycles. The van der Waals surface area contributed by atoms with Gasteiger partial charge in [0.25, 0.3) is 11.8 Å². The van der Waals surface area contributed by atoms with Crippen LogP contribution in [0.3, 0.4) is 0 Å². The second-order valence-electron chi connectivity index (χ2n) is 10.1. The van der Waals surface area contributed by atoms with Crippen molar-refractivity contribution < 1.29 is 14.4 Å². The lowest BCUT2D eigenvalue weighted by Gasteiger charge is -2.14. The van der Waals surface area contributed by atoms with E-state index in [-0.39, 0.29) is 17.5 Å². The van der Waals surface area contributed by atoms with Crippen molar-refractivity contribution in [2.75, 3.05) is 10.6 Å². The van der Waals surface area contributed by atoms with E-state index in [1.54, 1.807) is 67.6 Å². The van der Waals surface area contributed by atoms with Gasteiger partial charge in [0.2, 0.25) is 5.91 Å². The number of carbonyl (C=O) groups excluding carboxylic acids is 3. The maximum atomic E-state index is 13.4. The molecule has 0 fully saturated rings. The van der Waals surface area contributed by atoms with Gasteiger partial charge in [-0.15, -0.1) is 11.8 Å². The summed E-state index contributed by atoms with van der Waals surface area (Å²) in [7, 11) is 0. The number of nitrogens with one attached hydrogen (secondary N) is 3. The Balaban J connectivity index is 1.44. The maximum Gasteiger partial charge on any atom is 0.272 e. The highest BCUT2D eigenvalue weighted by Crippen LogP contribution is 2.29. The number of benzene rings is 4. The van der Waals surface area contributed by atoms with Crippen LogP contribution in [0.15, 0.2) is 108 Å². The summed E-state index contributed by atoms with van der Waals surface area (Å²) in [6.07, 6.45) is 1.65. The van der Waals surface area contributed by atoms with Gasteiger partial charge in [-0.2, -0.15) is 0 Å². The summed E-state index contributed by atoms with van der Waals surface area (Å²) < 4.78 is 0. The van der Waals surface area contributed by atoms with Gasteiger partial charge in [0.15, 0.2) is 0 Å². The predicted octanol–water partition coefficient (Wildman–Crippen LogP) is 8.65. The van der Waals surface area contributed by atoms with Crippen LogP contribution in [-0.2, 0) is 9.59 Å². The summed E-state index contributed by atoms with van der Waals surface area (Å²) in [5.41, 5.74) is 3.52. The molecule has 4 rings (SSSR count). The van der Waals surface area contributed by atoms with E-state index in [1.807, 2.05) is 42.5 Å². The van der Waals surface area contributed by atoms with Gasteiger partial charge < -0.3 is 16.0 Å². The quantitative estimate of drug-likeness (QED) is 0.121. The zero-order valence-corrected chi connectivity index (χ0v) is 26.2. The van der Waals surface area contributed by atoms with Gasteiger partial charge in [0, 0.05) is 21.2 Å². The molecule has 0 heterocycles. The summed E-state index contributed by atoms with van der Waals surface area (Å²) in [6.45, 7) is 6.01. The largest absolute Gasteiger partial charge is 0.324 e. The number of carbonyl (C=O) groups is 3. The lowest BCUT2D eigenvalue weighted by molar-refractivity contribution is -0.115. The van der Waals surface area contributed by atoms with Crippen molar-refractivity contribution in [3.8, 4) is 0 Å². The van der Waals surface area contributed by atoms with Crippen molar-refractivity contribution in [3.05, 3.63) is 129 Å². The van der Waals surface area contributed by atoms with E-state index in [1.165, 1.54) is 17.3 Å². The molecule has 0 aliphatic carbocycles. The molecule has 0 aromatic heterocycles. The number of rotatable bonds is 10. The topological polar surface area (TPSA) is 87.3 Å². The second kappa shape index (κ2) is 14.9. The van der Waals surface area contributed by atoms with E-state index in [2.05, 4.69) is 29.8 Å². The standard InChI is InChI=1S/C34H31Cl2N3O3S/c1-21(2)24-11-9-23(10-12-24)19-31(39-33(41)25-7-5-4-6-8-25)34(42)37-27-14-16-28(17-15-27)43-22(3)32(40)38-30-18-13-26(35)20-29(30)36/h4-22H,1-3H3,(H,37,42)(H,38,40)(H,39,41)/b31-19-. The zero-order chi connectivity index (χ0) is 30.9. The predicted molar refractivity (Wildman–Crippen MR) is 178 cm³/mol.